The van der Waals surface area contributed by atoms with E-state index in [9.17, 15) is 8.42 Å². The second-order valence-corrected chi connectivity index (χ2v) is 6.68. The van der Waals surface area contributed by atoms with E-state index in [4.69, 9.17) is 4.99 Å². The summed E-state index contributed by atoms with van der Waals surface area (Å²) in [6.45, 7) is 9.37. The minimum absolute atomic E-state index is 0.158. The van der Waals surface area contributed by atoms with Crippen molar-refractivity contribution in [2.24, 2.45) is 4.99 Å². The zero-order valence-corrected chi connectivity index (χ0v) is 12.7. The summed E-state index contributed by atoms with van der Waals surface area (Å²) in [5, 5.41) is 0. The monoisotopic (exact) mass is 281 g/mol. The molecule has 106 valence electrons. The van der Waals surface area contributed by atoms with Gasteiger partial charge < -0.3 is 0 Å². The smallest absolute Gasteiger partial charge is 0.250 e. The van der Waals surface area contributed by atoms with E-state index in [1.165, 1.54) is 0 Å². The van der Waals surface area contributed by atoms with Gasteiger partial charge in [-0.2, -0.15) is 8.42 Å². The van der Waals surface area contributed by atoms with E-state index in [0.29, 0.717) is 0 Å². The van der Waals surface area contributed by atoms with Crippen molar-refractivity contribution in [2.75, 3.05) is 14.2 Å². The summed E-state index contributed by atoms with van der Waals surface area (Å²) in [7, 11) is -1.44. The van der Waals surface area contributed by atoms with Gasteiger partial charge in [0.05, 0.1) is 12.8 Å². The number of aliphatic imine (C=N–C) groups is 1. The van der Waals surface area contributed by atoms with Gasteiger partial charge in [-0.1, -0.05) is 0 Å². The molecule has 1 heterocycles. The van der Waals surface area contributed by atoms with Crippen LogP contribution >= 0.6 is 0 Å². The Morgan fingerprint density at radius 3 is 2.06 bits per heavy atom. The van der Waals surface area contributed by atoms with Crippen LogP contribution in [0.1, 0.15) is 34.6 Å². The van der Waals surface area contributed by atoms with Gasteiger partial charge in [0.1, 0.15) is 7.05 Å². The van der Waals surface area contributed by atoms with Crippen LogP contribution in [-0.4, -0.2) is 44.1 Å². The van der Waals surface area contributed by atoms with Crippen LogP contribution < -0.4 is 0 Å². The van der Waals surface area contributed by atoms with Crippen LogP contribution in [-0.2, 0) is 23.9 Å². The summed E-state index contributed by atoms with van der Waals surface area (Å²) >= 11 is 0. The molecule has 0 aliphatic carbocycles. The molecule has 1 atom stereocenters. The van der Waals surface area contributed by atoms with Crippen molar-refractivity contribution < 1.29 is 26.6 Å². The first-order valence-corrected chi connectivity index (χ1v) is 6.85. The highest BCUT2D eigenvalue weighted by molar-refractivity contribution is 7.81. The Morgan fingerprint density at radius 2 is 1.72 bits per heavy atom. The van der Waals surface area contributed by atoms with Crippen molar-refractivity contribution in [1.82, 2.24) is 0 Å². The third kappa shape index (κ3) is 2.19. The molecule has 7 nitrogen and oxygen atoms in total. The number of quaternary nitrogens is 1. The zero-order chi connectivity index (χ0) is 14.4. The van der Waals surface area contributed by atoms with Crippen molar-refractivity contribution in [3.63, 3.8) is 0 Å². The molecule has 0 fully saturated rings. The number of hydroxylamine groups is 3. The predicted molar refractivity (Wildman–Crippen MR) is 65.6 cm³/mol. The summed E-state index contributed by atoms with van der Waals surface area (Å²) in [5.74, 6) is 0. The van der Waals surface area contributed by atoms with Gasteiger partial charge in [-0.15, -0.1) is 4.65 Å². The summed E-state index contributed by atoms with van der Waals surface area (Å²) in [4.78, 5) is 9.66. The van der Waals surface area contributed by atoms with Gasteiger partial charge in [0, 0.05) is 13.8 Å². The molecule has 0 spiro atoms. The first kappa shape index (κ1) is 15.5. The van der Waals surface area contributed by atoms with Crippen LogP contribution in [0.25, 0.3) is 0 Å². The Bertz CT molecular complexity index is 469. The van der Waals surface area contributed by atoms with Gasteiger partial charge in [0.25, 0.3) is 0 Å². The maximum Gasteiger partial charge on any atom is 0.430 e. The Labute approximate surface area is 108 Å². The molecule has 0 amide bonds. The highest BCUT2D eigenvalue weighted by Gasteiger charge is 2.62. The molecule has 8 heteroatoms. The largest absolute Gasteiger partial charge is 0.430 e. The third-order valence-corrected chi connectivity index (χ3v) is 4.54. The van der Waals surface area contributed by atoms with E-state index in [1.807, 2.05) is 34.6 Å². The zero-order valence-electron chi connectivity index (χ0n) is 11.8. The van der Waals surface area contributed by atoms with Crippen molar-refractivity contribution in [3.8, 4) is 0 Å². The van der Waals surface area contributed by atoms with Crippen molar-refractivity contribution in [2.45, 2.75) is 45.8 Å². The fourth-order valence-corrected chi connectivity index (χ4v) is 2.20. The molecule has 1 unspecified atom stereocenters. The Balaban J connectivity index is 3.06. The van der Waals surface area contributed by atoms with Crippen LogP contribution in [0.5, 0.6) is 0 Å². The van der Waals surface area contributed by atoms with Crippen LogP contribution in [0.3, 0.4) is 0 Å². The number of hydrogen-bond acceptors (Lipinski definition) is 6. The Kier molecular flexibility index (Phi) is 3.66. The van der Waals surface area contributed by atoms with Gasteiger partial charge in [-0.25, -0.2) is 9.18 Å². The minimum atomic E-state index is -4.15. The van der Waals surface area contributed by atoms with E-state index in [0.717, 1.165) is 12.8 Å². The maximum atomic E-state index is 11.2. The summed E-state index contributed by atoms with van der Waals surface area (Å²) in [5.41, 5.74) is -0.336. The van der Waals surface area contributed by atoms with Crippen molar-refractivity contribution in [1.29, 1.82) is 0 Å². The van der Waals surface area contributed by atoms with Crippen LogP contribution in [0.15, 0.2) is 4.99 Å². The van der Waals surface area contributed by atoms with Gasteiger partial charge in [0.15, 0.2) is 5.54 Å². The third-order valence-electron chi connectivity index (χ3n) is 3.90. The topological polar surface area (TPSA) is 74.2 Å². The lowest BCUT2D eigenvalue weighted by Crippen LogP contribution is -2.65. The standard InChI is InChI=1S/C10H21N2O5S/c1-8-9(2,3)12(6,10(4,5)11-8)16-17-18(13,14)15-7/h1-7H3/q+1. The van der Waals surface area contributed by atoms with Crippen molar-refractivity contribution >= 4 is 16.1 Å². The molecule has 0 bridgehead atoms. The Morgan fingerprint density at radius 1 is 1.22 bits per heavy atom. The average Bonchev–Trinajstić information content (AvgIpc) is 2.35. The molecule has 0 radical (unpaired) electrons. The van der Waals surface area contributed by atoms with Crippen LogP contribution in [0.4, 0.5) is 0 Å². The predicted octanol–water partition coefficient (Wildman–Crippen LogP) is 1.18. The average molecular weight is 281 g/mol. The number of nitrogens with zero attached hydrogens (tertiary/aromatic N) is 2. The van der Waals surface area contributed by atoms with Gasteiger partial charge >= 0.3 is 10.4 Å². The van der Waals surface area contributed by atoms with E-state index in [-0.39, 0.29) is 4.65 Å². The maximum absolute atomic E-state index is 11.2. The van der Waals surface area contributed by atoms with E-state index in [1.54, 1.807) is 7.05 Å². The molecule has 0 aromatic heterocycles. The normalized spacial score (nSPS) is 30.3. The van der Waals surface area contributed by atoms with E-state index < -0.39 is 21.6 Å². The molecule has 0 saturated carbocycles. The molecule has 0 aromatic rings. The van der Waals surface area contributed by atoms with Crippen LogP contribution in [0.2, 0.25) is 0 Å². The van der Waals surface area contributed by atoms with Crippen LogP contribution in [0, 0.1) is 0 Å². The Hall–Kier alpha value is -0.540. The molecule has 0 aromatic carbocycles. The molecule has 0 saturated heterocycles. The quantitative estimate of drug-likeness (QED) is 0.439. The summed E-state index contributed by atoms with van der Waals surface area (Å²) in [6.07, 6.45) is 0. The highest BCUT2D eigenvalue weighted by atomic mass is 32.3. The van der Waals surface area contributed by atoms with Gasteiger partial charge in [-0.05, 0) is 30.1 Å². The summed E-state index contributed by atoms with van der Waals surface area (Å²) in [6, 6.07) is 0. The summed E-state index contributed by atoms with van der Waals surface area (Å²) < 4.78 is 30.8. The lowest BCUT2D eigenvalue weighted by Gasteiger charge is -2.43. The highest BCUT2D eigenvalue weighted by Crippen LogP contribution is 2.42. The van der Waals surface area contributed by atoms with E-state index >= 15 is 0 Å². The number of rotatable bonds is 4. The molecule has 1 rings (SSSR count). The molecule has 0 N–H and O–H groups in total. The fraction of sp³-hybridized carbons (Fsp3) is 0.900. The first-order chi connectivity index (χ1) is 7.90. The lowest BCUT2D eigenvalue weighted by molar-refractivity contribution is -1.18. The molecule has 1 aliphatic rings. The molecule has 18 heavy (non-hydrogen) atoms. The SMILES string of the molecule is COS(=O)(=O)OO[N+]1(C)C(C)(C)N=C(C)C1(C)C. The van der Waals surface area contributed by atoms with Gasteiger partial charge in [-0.3, -0.25) is 0 Å². The second-order valence-electron chi connectivity index (χ2n) is 5.39. The lowest BCUT2D eigenvalue weighted by atomic mass is 9.97. The number of hydrogen-bond donors (Lipinski definition) is 0. The second kappa shape index (κ2) is 4.24. The molecule has 1 aliphatic heterocycles. The van der Waals surface area contributed by atoms with Gasteiger partial charge in [0.2, 0.25) is 5.66 Å². The fourth-order valence-electron chi connectivity index (χ4n) is 1.95. The van der Waals surface area contributed by atoms with Crippen molar-refractivity contribution in [3.05, 3.63) is 0 Å². The first-order valence-electron chi connectivity index (χ1n) is 5.52. The van der Waals surface area contributed by atoms with E-state index in [2.05, 4.69) is 13.5 Å². The minimum Gasteiger partial charge on any atom is -0.250 e. The molecular formula is C10H21N2O5S+. The molecular weight excluding hydrogens is 260 g/mol.